The summed E-state index contributed by atoms with van der Waals surface area (Å²) in [5.41, 5.74) is 5.57. The second-order valence-electron chi connectivity index (χ2n) is 5.56. The van der Waals surface area contributed by atoms with E-state index in [4.69, 9.17) is 28.2 Å². The van der Waals surface area contributed by atoms with E-state index in [-0.39, 0.29) is 0 Å². The highest BCUT2D eigenvalue weighted by atomic mass is 35.5. The number of benzene rings is 2. The van der Waals surface area contributed by atoms with E-state index in [0.29, 0.717) is 0 Å². The van der Waals surface area contributed by atoms with Crippen molar-refractivity contribution in [3.8, 4) is 0 Å². The summed E-state index contributed by atoms with van der Waals surface area (Å²) in [5, 5.41) is 6.04. The molecule has 0 aliphatic heterocycles. The predicted octanol–water partition coefficient (Wildman–Crippen LogP) is 5.77. The molecular formula is C18H14Cl2N2. The summed E-state index contributed by atoms with van der Waals surface area (Å²) in [4.78, 5) is 4.79. The van der Waals surface area contributed by atoms with Crippen LogP contribution in [0.1, 0.15) is 17.7 Å². The predicted molar refractivity (Wildman–Crippen MR) is 93.5 cm³/mol. The van der Waals surface area contributed by atoms with Gasteiger partial charge in [0.05, 0.1) is 11.2 Å². The summed E-state index contributed by atoms with van der Waals surface area (Å²) in [6.45, 7) is 0. The van der Waals surface area contributed by atoms with Crippen molar-refractivity contribution in [3.63, 3.8) is 0 Å². The van der Waals surface area contributed by atoms with E-state index < -0.39 is 0 Å². The number of rotatable bonds is 2. The Morgan fingerprint density at radius 1 is 0.955 bits per heavy atom. The van der Waals surface area contributed by atoms with Crippen LogP contribution in [0.25, 0.3) is 10.9 Å². The number of fused-ring (bicyclic) bond motifs is 2. The topological polar surface area (TPSA) is 24.9 Å². The summed E-state index contributed by atoms with van der Waals surface area (Å²) in [5.74, 6) is 0. The van der Waals surface area contributed by atoms with E-state index in [2.05, 4.69) is 5.32 Å². The molecular weight excluding hydrogens is 315 g/mol. The molecule has 1 aliphatic rings. The first-order valence-electron chi connectivity index (χ1n) is 7.34. The average molecular weight is 329 g/mol. The molecule has 1 heterocycles. The van der Waals surface area contributed by atoms with Gasteiger partial charge in [0.1, 0.15) is 0 Å². The van der Waals surface area contributed by atoms with Gasteiger partial charge >= 0.3 is 0 Å². The Bertz CT molecular complexity index is 874. The van der Waals surface area contributed by atoms with Crippen molar-refractivity contribution < 1.29 is 0 Å². The van der Waals surface area contributed by atoms with E-state index in [1.807, 2.05) is 42.5 Å². The van der Waals surface area contributed by atoms with Gasteiger partial charge in [0, 0.05) is 26.8 Å². The van der Waals surface area contributed by atoms with Crippen molar-refractivity contribution in [2.24, 2.45) is 0 Å². The highest BCUT2D eigenvalue weighted by molar-refractivity contribution is 6.31. The van der Waals surface area contributed by atoms with Gasteiger partial charge in [0.15, 0.2) is 0 Å². The number of halogens is 2. The minimum atomic E-state index is 0.720. The Labute approximate surface area is 139 Å². The van der Waals surface area contributed by atoms with Crippen LogP contribution in [0.2, 0.25) is 10.0 Å². The highest BCUT2D eigenvalue weighted by Gasteiger charge is 2.20. The highest BCUT2D eigenvalue weighted by Crippen LogP contribution is 2.37. The van der Waals surface area contributed by atoms with Crippen molar-refractivity contribution >= 4 is 45.5 Å². The Morgan fingerprint density at radius 2 is 1.82 bits per heavy atom. The molecule has 2 aromatic carbocycles. The zero-order chi connectivity index (χ0) is 15.1. The zero-order valence-corrected chi connectivity index (χ0v) is 13.4. The second kappa shape index (κ2) is 5.45. The summed E-state index contributed by atoms with van der Waals surface area (Å²) in [6, 6.07) is 13.6. The number of nitrogens with zero attached hydrogens (tertiary/aromatic N) is 1. The number of nitrogens with one attached hydrogen (secondary N) is 1. The van der Waals surface area contributed by atoms with Crippen LogP contribution in [0.15, 0.2) is 42.5 Å². The van der Waals surface area contributed by atoms with Gasteiger partial charge in [-0.05, 0) is 61.2 Å². The first kappa shape index (κ1) is 13.9. The molecule has 0 saturated heterocycles. The number of aromatic nitrogens is 1. The van der Waals surface area contributed by atoms with Crippen LogP contribution in [-0.2, 0) is 12.8 Å². The van der Waals surface area contributed by atoms with E-state index >= 15 is 0 Å². The zero-order valence-electron chi connectivity index (χ0n) is 11.9. The number of hydrogen-bond acceptors (Lipinski definition) is 2. The number of hydrogen-bond donors (Lipinski definition) is 1. The minimum Gasteiger partial charge on any atom is -0.355 e. The largest absolute Gasteiger partial charge is 0.355 e. The van der Waals surface area contributed by atoms with Crippen LogP contribution in [0.4, 0.5) is 11.4 Å². The molecule has 4 rings (SSSR count). The number of pyridine rings is 1. The van der Waals surface area contributed by atoms with E-state index in [1.165, 1.54) is 11.3 Å². The molecule has 0 fully saturated rings. The summed E-state index contributed by atoms with van der Waals surface area (Å²) in [7, 11) is 0. The molecule has 1 aromatic heterocycles. The van der Waals surface area contributed by atoms with Gasteiger partial charge in [-0.15, -0.1) is 0 Å². The molecule has 0 unspecified atom stereocenters. The monoisotopic (exact) mass is 328 g/mol. The molecule has 0 atom stereocenters. The van der Waals surface area contributed by atoms with Gasteiger partial charge in [-0.25, -0.2) is 0 Å². The Morgan fingerprint density at radius 3 is 2.68 bits per heavy atom. The van der Waals surface area contributed by atoms with E-state index in [0.717, 1.165) is 51.6 Å². The number of anilines is 2. The quantitative estimate of drug-likeness (QED) is 0.645. The molecule has 3 aromatic rings. The molecule has 1 N–H and O–H groups in total. The molecule has 1 aliphatic carbocycles. The van der Waals surface area contributed by atoms with Crippen molar-refractivity contribution in [3.05, 3.63) is 63.8 Å². The van der Waals surface area contributed by atoms with Crippen LogP contribution in [-0.4, -0.2) is 4.98 Å². The first-order valence-corrected chi connectivity index (χ1v) is 8.10. The van der Waals surface area contributed by atoms with Crippen LogP contribution in [0.3, 0.4) is 0 Å². The molecule has 4 heteroatoms. The van der Waals surface area contributed by atoms with Gasteiger partial charge in [0.2, 0.25) is 0 Å². The van der Waals surface area contributed by atoms with E-state index in [9.17, 15) is 0 Å². The summed E-state index contributed by atoms with van der Waals surface area (Å²) >= 11 is 12.3. The Balaban J connectivity index is 1.92. The van der Waals surface area contributed by atoms with Crippen LogP contribution in [0, 0.1) is 0 Å². The molecule has 0 amide bonds. The van der Waals surface area contributed by atoms with Gasteiger partial charge in [-0.3, -0.25) is 4.98 Å². The summed E-state index contributed by atoms with van der Waals surface area (Å²) < 4.78 is 0. The Kier molecular flexibility index (Phi) is 3.44. The van der Waals surface area contributed by atoms with Crippen molar-refractivity contribution in [2.45, 2.75) is 19.3 Å². The maximum absolute atomic E-state index is 6.19. The fraction of sp³-hybridized carbons (Fsp3) is 0.167. The maximum atomic E-state index is 6.19. The van der Waals surface area contributed by atoms with Crippen LogP contribution < -0.4 is 5.32 Å². The lowest BCUT2D eigenvalue weighted by molar-refractivity contribution is 0.901. The normalized spacial score (nSPS) is 13.4. The molecule has 0 radical (unpaired) electrons. The molecule has 0 bridgehead atoms. The third-order valence-corrected chi connectivity index (χ3v) is 4.54. The molecule has 2 nitrogen and oxygen atoms in total. The van der Waals surface area contributed by atoms with Gasteiger partial charge in [0.25, 0.3) is 0 Å². The molecule has 110 valence electrons. The number of aryl methyl sites for hydroxylation is 1. The lowest BCUT2D eigenvalue weighted by Gasteiger charge is -2.15. The maximum Gasteiger partial charge on any atom is 0.0727 e. The van der Waals surface area contributed by atoms with E-state index in [1.54, 1.807) is 0 Å². The van der Waals surface area contributed by atoms with Crippen molar-refractivity contribution in [1.29, 1.82) is 0 Å². The fourth-order valence-electron chi connectivity index (χ4n) is 3.09. The Hall–Kier alpha value is -1.77. The molecule has 0 saturated carbocycles. The van der Waals surface area contributed by atoms with Crippen LogP contribution >= 0.6 is 23.2 Å². The minimum absolute atomic E-state index is 0.720. The van der Waals surface area contributed by atoms with Crippen LogP contribution in [0.5, 0.6) is 0 Å². The lowest BCUT2D eigenvalue weighted by Crippen LogP contribution is -2.00. The summed E-state index contributed by atoms with van der Waals surface area (Å²) in [6.07, 6.45) is 3.24. The fourth-order valence-corrected chi connectivity index (χ4v) is 3.45. The molecule has 22 heavy (non-hydrogen) atoms. The van der Waals surface area contributed by atoms with Crippen molar-refractivity contribution in [2.75, 3.05) is 5.32 Å². The van der Waals surface area contributed by atoms with Gasteiger partial charge < -0.3 is 5.32 Å². The smallest absolute Gasteiger partial charge is 0.0727 e. The third kappa shape index (κ3) is 2.43. The third-order valence-electron chi connectivity index (χ3n) is 4.07. The van der Waals surface area contributed by atoms with Crippen molar-refractivity contribution in [1.82, 2.24) is 4.98 Å². The SMILES string of the molecule is Clc1cccc(Nc2c3c(nc4ccc(Cl)cc24)CCC3)c1. The standard InChI is InChI=1S/C18H14Cl2N2/c19-11-3-1-4-13(9-11)21-18-14-5-2-6-16(14)22-17-8-7-12(20)10-15(17)18/h1,3-4,7-10H,2,5-6H2,(H,21,22). The molecule has 0 spiro atoms. The first-order chi connectivity index (χ1) is 10.7. The van der Waals surface area contributed by atoms with Gasteiger partial charge in [-0.2, -0.15) is 0 Å². The van der Waals surface area contributed by atoms with Gasteiger partial charge in [-0.1, -0.05) is 29.3 Å². The lowest BCUT2D eigenvalue weighted by atomic mass is 10.1. The second-order valence-corrected chi connectivity index (χ2v) is 6.44. The average Bonchev–Trinajstić information content (AvgIpc) is 2.96.